The van der Waals surface area contributed by atoms with Crippen LogP contribution in [0, 0.1) is 0 Å². The van der Waals surface area contributed by atoms with Gasteiger partial charge in [-0.3, -0.25) is 4.98 Å². The maximum absolute atomic E-state index is 4.10. The fraction of sp³-hybridized carbons (Fsp3) is 0.353. The van der Waals surface area contributed by atoms with E-state index in [0.717, 1.165) is 0 Å². The first-order chi connectivity index (χ1) is 9.38. The molecule has 3 rings (SSSR count). The van der Waals surface area contributed by atoms with Crippen molar-refractivity contribution >= 4 is 0 Å². The Morgan fingerprint density at radius 1 is 0.947 bits per heavy atom. The molecule has 19 heavy (non-hydrogen) atoms. The molecule has 98 valence electrons. The van der Waals surface area contributed by atoms with Gasteiger partial charge in [0.2, 0.25) is 0 Å². The molecule has 0 spiro atoms. The molecule has 1 aliphatic rings. The first-order valence-electron chi connectivity index (χ1n) is 7.07. The molecule has 0 fully saturated rings. The molecule has 1 aromatic heterocycles. The number of benzene rings is 1. The number of rotatable bonds is 3. The van der Waals surface area contributed by atoms with Gasteiger partial charge in [-0.05, 0) is 67.1 Å². The Balaban J connectivity index is 1.96. The van der Waals surface area contributed by atoms with Crippen LogP contribution < -0.4 is 5.32 Å². The van der Waals surface area contributed by atoms with Crippen molar-refractivity contribution in [2.75, 3.05) is 7.05 Å². The summed E-state index contributed by atoms with van der Waals surface area (Å²) in [6, 6.07) is 11.4. The van der Waals surface area contributed by atoms with Crippen LogP contribution in [0.1, 0.15) is 41.1 Å². The summed E-state index contributed by atoms with van der Waals surface area (Å²) in [5.41, 5.74) is 5.71. The summed E-state index contributed by atoms with van der Waals surface area (Å²) in [6.07, 6.45) is 8.86. The molecule has 1 N–H and O–H groups in total. The Morgan fingerprint density at radius 2 is 1.68 bits per heavy atom. The topological polar surface area (TPSA) is 24.9 Å². The largest absolute Gasteiger partial charge is 0.309 e. The van der Waals surface area contributed by atoms with Gasteiger partial charge in [0.1, 0.15) is 0 Å². The molecule has 0 radical (unpaired) electrons. The van der Waals surface area contributed by atoms with Gasteiger partial charge in [0.15, 0.2) is 0 Å². The predicted octanol–water partition coefficient (Wildman–Crippen LogP) is 3.27. The average molecular weight is 252 g/mol. The van der Waals surface area contributed by atoms with Gasteiger partial charge in [-0.1, -0.05) is 18.2 Å². The van der Waals surface area contributed by atoms with Gasteiger partial charge in [0, 0.05) is 12.4 Å². The van der Waals surface area contributed by atoms with Crippen LogP contribution in [-0.4, -0.2) is 12.0 Å². The van der Waals surface area contributed by atoms with Gasteiger partial charge in [-0.25, -0.2) is 0 Å². The van der Waals surface area contributed by atoms with Crippen LogP contribution in [0.25, 0.3) is 0 Å². The third-order valence-corrected chi connectivity index (χ3v) is 4.03. The summed E-state index contributed by atoms with van der Waals surface area (Å²) in [7, 11) is 2.02. The quantitative estimate of drug-likeness (QED) is 0.907. The number of hydrogen-bond acceptors (Lipinski definition) is 2. The van der Waals surface area contributed by atoms with Crippen LogP contribution in [0.15, 0.2) is 42.7 Å². The number of hydrogen-bond donors (Lipinski definition) is 1. The van der Waals surface area contributed by atoms with Crippen molar-refractivity contribution in [1.29, 1.82) is 0 Å². The molecule has 0 amide bonds. The second-order valence-electron chi connectivity index (χ2n) is 5.24. The molecule has 1 aliphatic carbocycles. The molecular formula is C17H20N2. The minimum atomic E-state index is 0.259. The summed E-state index contributed by atoms with van der Waals surface area (Å²) < 4.78 is 0. The first kappa shape index (κ1) is 12.4. The van der Waals surface area contributed by atoms with Crippen molar-refractivity contribution in [3.63, 3.8) is 0 Å². The molecule has 1 aromatic carbocycles. The number of fused-ring (bicyclic) bond motifs is 1. The Labute approximate surface area is 114 Å². The van der Waals surface area contributed by atoms with Gasteiger partial charge >= 0.3 is 0 Å². The third-order valence-electron chi connectivity index (χ3n) is 4.03. The van der Waals surface area contributed by atoms with Gasteiger partial charge in [0.25, 0.3) is 0 Å². The number of nitrogens with one attached hydrogen (secondary N) is 1. The highest BCUT2D eigenvalue weighted by molar-refractivity contribution is 5.38. The lowest BCUT2D eigenvalue weighted by atomic mass is 9.88. The zero-order valence-corrected chi connectivity index (χ0v) is 11.4. The highest BCUT2D eigenvalue weighted by Crippen LogP contribution is 2.27. The predicted molar refractivity (Wildman–Crippen MR) is 78.2 cm³/mol. The second-order valence-corrected chi connectivity index (χ2v) is 5.24. The van der Waals surface area contributed by atoms with Crippen LogP contribution in [0.2, 0.25) is 0 Å². The molecule has 0 saturated carbocycles. The highest BCUT2D eigenvalue weighted by atomic mass is 14.9. The van der Waals surface area contributed by atoms with Gasteiger partial charge in [-0.15, -0.1) is 0 Å². The van der Waals surface area contributed by atoms with Crippen LogP contribution >= 0.6 is 0 Å². The fourth-order valence-electron chi connectivity index (χ4n) is 3.01. The molecule has 1 heterocycles. The van der Waals surface area contributed by atoms with Gasteiger partial charge < -0.3 is 5.32 Å². The second kappa shape index (κ2) is 5.54. The number of pyridine rings is 1. The van der Waals surface area contributed by atoms with E-state index in [1.807, 2.05) is 19.4 Å². The summed E-state index contributed by atoms with van der Waals surface area (Å²) >= 11 is 0. The Hall–Kier alpha value is -1.67. The Bertz CT molecular complexity index is 548. The van der Waals surface area contributed by atoms with E-state index in [4.69, 9.17) is 0 Å². The molecule has 1 atom stereocenters. The number of nitrogens with zero attached hydrogens (tertiary/aromatic N) is 1. The average Bonchev–Trinajstić information content (AvgIpc) is 2.49. The molecule has 2 aromatic rings. The lowest BCUT2D eigenvalue weighted by Crippen LogP contribution is -2.18. The van der Waals surface area contributed by atoms with Gasteiger partial charge in [0.05, 0.1) is 6.04 Å². The first-order valence-corrected chi connectivity index (χ1v) is 7.07. The van der Waals surface area contributed by atoms with E-state index in [0.29, 0.717) is 0 Å². The molecule has 0 bridgehead atoms. The molecule has 2 heteroatoms. The van der Waals surface area contributed by atoms with E-state index in [1.165, 1.54) is 42.4 Å². The van der Waals surface area contributed by atoms with Crippen molar-refractivity contribution in [3.8, 4) is 0 Å². The monoisotopic (exact) mass is 252 g/mol. The van der Waals surface area contributed by atoms with E-state index in [1.54, 1.807) is 5.56 Å². The Morgan fingerprint density at radius 3 is 2.42 bits per heavy atom. The minimum absolute atomic E-state index is 0.259. The molecular weight excluding hydrogens is 232 g/mol. The maximum Gasteiger partial charge on any atom is 0.0575 e. The molecule has 0 aliphatic heterocycles. The van der Waals surface area contributed by atoms with E-state index in [9.17, 15) is 0 Å². The van der Waals surface area contributed by atoms with Crippen LogP contribution in [0.4, 0.5) is 0 Å². The Kier molecular flexibility index (Phi) is 3.60. The minimum Gasteiger partial charge on any atom is -0.309 e. The van der Waals surface area contributed by atoms with E-state index in [2.05, 4.69) is 40.6 Å². The molecule has 0 saturated heterocycles. The van der Waals surface area contributed by atoms with Crippen molar-refractivity contribution < 1.29 is 0 Å². The summed E-state index contributed by atoms with van der Waals surface area (Å²) in [5, 5.41) is 3.41. The smallest absolute Gasteiger partial charge is 0.0575 e. The molecule has 2 nitrogen and oxygen atoms in total. The third kappa shape index (κ3) is 2.54. The van der Waals surface area contributed by atoms with Crippen LogP contribution in [-0.2, 0) is 12.8 Å². The maximum atomic E-state index is 4.10. The van der Waals surface area contributed by atoms with Crippen molar-refractivity contribution in [3.05, 3.63) is 65.0 Å². The van der Waals surface area contributed by atoms with Gasteiger partial charge in [-0.2, -0.15) is 0 Å². The number of aromatic nitrogens is 1. The van der Waals surface area contributed by atoms with E-state index < -0.39 is 0 Å². The molecule has 1 unspecified atom stereocenters. The summed E-state index contributed by atoms with van der Waals surface area (Å²) in [5.74, 6) is 0. The lowest BCUT2D eigenvalue weighted by Gasteiger charge is -2.21. The summed E-state index contributed by atoms with van der Waals surface area (Å²) in [6.45, 7) is 0. The van der Waals surface area contributed by atoms with Crippen LogP contribution in [0.3, 0.4) is 0 Å². The number of aryl methyl sites for hydroxylation is 2. The zero-order valence-electron chi connectivity index (χ0n) is 11.4. The lowest BCUT2D eigenvalue weighted by molar-refractivity contribution is 0.667. The van der Waals surface area contributed by atoms with Crippen molar-refractivity contribution in [1.82, 2.24) is 10.3 Å². The van der Waals surface area contributed by atoms with Crippen LogP contribution in [0.5, 0.6) is 0 Å². The standard InChI is InChI=1S/C17H20N2/c1-18-17(14-8-10-19-11-9-14)16-7-6-13-4-2-3-5-15(13)12-16/h6-12,17-18H,2-5H2,1H3. The van der Waals surface area contributed by atoms with E-state index in [-0.39, 0.29) is 6.04 Å². The van der Waals surface area contributed by atoms with Crippen molar-refractivity contribution in [2.45, 2.75) is 31.7 Å². The normalized spacial score (nSPS) is 15.8. The zero-order chi connectivity index (χ0) is 13.1. The van der Waals surface area contributed by atoms with Crippen molar-refractivity contribution in [2.24, 2.45) is 0 Å². The fourth-order valence-corrected chi connectivity index (χ4v) is 3.01. The van der Waals surface area contributed by atoms with E-state index >= 15 is 0 Å². The SMILES string of the molecule is CNC(c1ccncc1)c1ccc2c(c1)CCCC2. The summed E-state index contributed by atoms with van der Waals surface area (Å²) in [4.78, 5) is 4.10. The highest BCUT2D eigenvalue weighted by Gasteiger charge is 2.15.